The van der Waals surface area contributed by atoms with E-state index in [2.05, 4.69) is 33.6 Å². The molecule has 0 fully saturated rings. The van der Waals surface area contributed by atoms with E-state index in [1.807, 2.05) is 41.1 Å². The maximum atomic E-state index is 5.98. The van der Waals surface area contributed by atoms with E-state index in [1.54, 1.807) is 6.33 Å². The first-order chi connectivity index (χ1) is 11.4. The zero-order chi connectivity index (χ0) is 15.2. The lowest BCUT2D eigenvalue weighted by atomic mass is 9.92. The fraction of sp³-hybridized carbons (Fsp3) is 0.111. The molecule has 0 saturated heterocycles. The summed E-state index contributed by atoms with van der Waals surface area (Å²) < 4.78 is 7.90. The first-order valence-corrected chi connectivity index (χ1v) is 7.58. The molecule has 5 heteroatoms. The van der Waals surface area contributed by atoms with Crippen molar-refractivity contribution in [3.63, 3.8) is 0 Å². The first-order valence-electron chi connectivity index (χ1n) is 7.58. The Bertz CT molecular complexity index is 914. The van der Waals surface area contributed by atoms with E-state index >= 15 is 0 Å². The van der Waals surface area contributed by atoms with Gasteiger partial charge in [-0.15, -0.1) is 0 Å². The number of anilines is 1. The van der Waals surface area contributed by atoms with E-state index < -0.39 is 0 Å². The Kier molecular flexibility index (Phi) is 2.55. The second-order valence-electron chi connectivity index (χ2n) is 5.65. The van der Waals surface area contributed by atoms with Gasteiger partial charge >= 0.3 is 0 Å². The molecule has 1 N–H and O–H groups in total. The predicted molar refractivity (Wildman–Crippen MR) is 87.1 cm³/mol. The largest absolute Gasteiger partial charge is 0.488 e. The van der Waals surface area contributed by atoms with Gasteiger partial charge in [-0.3, -0.25) is 0 Å². The van der Waals surface area contributed by atoms with Gasteiger partial charge in [-0.1, -0.05) is 42.5 Å². The Morgan fingerprint density at radius 1 is 1.04 bits per heavy atom. The quantitative estimate of drug-likeness (QED) is 0.750. The standard InChI is InChI=1S/C18H14N4O/c1-2-6-12(7-3-1)17-14-10-23-15-9-5-4-8-13(15)16(14)21-18-19-11-20-22(17)18/h1-9,11,17H,10H2,(H,19,20,21)/t17-/m1/s1. The highest BCUT2D eigenvalue weighted by atomic mass is 16.5. The van der Waals surface area contributed by atoms with Crippen LogP contribution >= 0.6 is 0 Å². The number of aromatic nitrogens is 3. The highest BCUT2D eigenvalue weighted by Gasteiger charge is 2.34. The fourth-order valence-electron chi connectivity index (χ4n) is 3.33. The molecule has 112 valence electrons. The van der Waals surface area contributed by atoms with Crippen LogP contribution in [0.5, 0.6) is 5.75 Å². The smallest absolute Gasteiger partial charge is 0.226 e. The molecule has 2 aliphatic heterocycles. The second-order valence-corrected chi connectivity index (χ2v) is 5.65. The zero-order valence-corrected chi connectivity index (χ0v) is 12.3. The van der Waals surface area contributed by atoms with Crippen LogP contribution in [-0.4, -0.2) is 21.4 Å². The van der Waals surface area contributed by atoms with Gasteiger partial charge in [-0.2, -0.15) is 10.1 Å². The Morgan fingerprint density at radius 3 is 2.78 bits per heavy atom. The van der Waals surface area contributed by atoms with Gasteiger partial charge in [0.05, 0.1) is 5.70 Å². The number of rotatable bonds is 1. The van der Waals surface area contributed by atoms with Crippen molar-refractivity contribution in [1.29, 1.82) is 0 Å². The Labute approximate surface area is 133 Å². The van der Waals surface area contributed by atoms with Gasteiger partial charge in [0.25, 0.3) is 0 Å². The predicted octanol–water partition coefficient (Wildman–Crippen LogP) is 3.10. The zero-order valence-electron chi connectivity index (χ0n) is 12.3. The summed E-state index contributed by atoms with van der Waals surface area (Å²) in [5.41, 5.74) is 4.51. The summed E-state index contributed by atoms with van der Waals surface area (Å²) in [6, 6.07) is 18.4. The lowest BCUT2D eigenvalue weighted by Gasteiger charge is -2.34. The molecule has 1 atom stereocenters. The monoisotopic (exact) mass is 302 g/mol. The van der Waals surface area contributed by atoms with Crippen molar-refractivity contribution >= 4 is 11.6 Å². The number of nitrogens with one attached hydrogen (secondary N) is 1. The van der Waals surface area contributed by atoms with Crippen molar-refractivity contribution in [1.82, 2.24) is 14.8 Å². The molecule has 0 saturated carbocycles. The highest BCUT2D eigenvalue weighted by Crippen LogP contribution is 2.42. The van der Waals surface area contributed by atoms with Crippen molar-refractivity contribution in [2.45, 2.75) is 6.04 Å². The third-order valence-electron chi connectivity index (χ3n) is 4.36. The number of fused-ring (bicyclic) bond motifs is 3. The van der Waals surface area contributed by atoms with Crippen LogP contribution in [0.15, 0.2) is 66.5 Å². The summed E-state index contributed by atoms with van der Waals surface area (Å²) >= 11 is 0. The van der Waals surface area contributed by atoms with Crippen LogP contribution in [0.2, 0.25) is 0 Å². The van der Waals surface area contributed by atoms with Gasteiger partial charge < -0.3 is 10.1 Å². The minimum Gasteiger partial charge on any atom is -0.488 e. The van der Waals surface area contributed by atoms with Crippen LogP contribution in [0.25, 0.3) is 5.70 Å². The lowest BCUT2D eigenvalue weighted by molar-refractivity contribution is 0.328. The Morgan fingerprint density at radius 2 is 1.87 bits per heavy atom. The van der Waals surface area contributed by atoms with Crippen LogP contribution < -0.4 is 10.1 Å². The summed E-state index contributed by atoms with van der Waals surface area (Å²) in [5, 5.41) is 7.84. The number of para-hydroxylation sites is 1. The molecule has 3 aromatic rings. The van der Waals surface area contributed by atoms with E-state index in [1.165, 1.54) is 11.1 Å². The van der Waals surface area contributed by atoms with E-state index in [0.717, 1.165) is 23.0 Å². The first kappa shape index (κ1) is 12.5. The molecule has 0 amide bonds. The molecule has 2 aromatic carbocycles. The molecule has 0 radical (unpaired) electrons. The number of hydrogen-bond acceptors (Lipinski definition) is 4. The third kappa shape index (κ3) is 1.80. The maximum absolute atomic E-state index is 5.98. The van der Waals surface area contributed by atoms with Gasteiger partial charge in [-0.25, -0.2) is 4.68 Å². The summed E-state index contributed by atoms with van der Waals surface area (Å²) in [6.07, 6.45) is 1.59. The summed E-state index contributed by atoms with van der Waals surface area (Å²) in [5.74, 6) is 1.66. The summed E-state index contributed by atoms with van der Waals surface area (Å²) in [4.78, 5) is 4.36. The van der Waals surface area contributed by atoms with E-state index in [4.69, 9.17) is 4.74 Å². The van der Waals surface area contributed by atoms with E-state index in [-0.39, 0.29) is 6.04 Å². The van der Waals surface area contributed by atoms with Crippen molar-refractivity contribution < 1.29 is 4.74 Å². The average molecular weight is 302 g/mol. The lowest BCUT2D eigenvalue weighted by Crippen LogP contribution is -2.30. The molecule has 0 aliphatic carbocycles. The third-order valence-corrected chi connectivity index (χ3v) is 4.36. The fourth-order valence-corrected chi connectivity index (χ4v) is 3.33. The molecular weight excluding hydrogens is 288 g/mol. The normalized spacial score (nSPS) is 18.3. The molecule has 1 aromatic heterocycles. The van der Waals surface area contributed by atoms with Gasteiger partial charge in [0.15, 0.2) is 0 Å². The Hall–Kier alpha value is -3.08. The van der Waals surface area contributed by atoms with Crippen molar-refractivity contribution in [3.05, 3.63) is 77.6 Å². The highest BCUT2D eigenvalue weighted by molar-refractivity contribution is 5.84. The molecule has 0 unspecified atom stereocenters. The number of benzene rings is 2. The van der Waals surface area contributed by atoms with Crippen LogP contribution in [0, 0.1) is 0 Å². The van der Waals surface area contributed by atoms with Crippen LogP contribution in [0.3, 0.4) is 0 Å². The molecule has 0 bridgehead atoms. The SMILES string of the molecule is c1ccc([C@@H]2C3=C(Nc4ncnn42)c2ccccc2OC3)cc1. The number of hydrogen-bond donors (Lipinski definition) is 1. The molecular formula is C18H14N4O. The van der Waals surface area contributed by atoms with Gasteiger partial charge in [0.1, 0.15) is 24.7 Å². The topological polar surface area (TPSA) is 52.0 Å². The summed E-state index contributed by atoms with van der Waals surface area (Å²) in [6.45, 7) is 0.540. The van der Waals surface area contributed by atoms with Crippen LogP contribution in [0.1, 0.15) is 17.2 Å². The van der Waals surface area contributed by atoms with Crippen molar-refractivity contribution in [3.8, 4) is 5.75 Å². The minimum atomic E-state index is -0.00157. The molecule has 2 aliphatic rings. The van der Waals surface area contributed by atoms with Crippen LogP contribution in [0.4, 0.5) is 5.95 Å². The number of nitrogens with zero attached hydrogens (tertiary/aromatic N) is 3. The minimum absolute atomic E-state index is 0.00157. The van der Waals surface area contributed by atoms with Gasteiger partial charge in [0.2, 0.25) is 5.95 Å². The molecule has 5 rings (SSSR count). The van der Waals surface area contributed by atoms with Crippen LogP contribution in [-0.2, 0) is 0 Å². The van der Waals surface area contributed by atoms with Gasteiger partial charge in [0, 0.05) is 11.1 Å². The average Bonchev–Trinajstić information content (AvgIpc) is 3.08. The molecule has 3 heterocycles. The Balaban J connectivity index is 1.75. The van der Waals surface area contributed by atoms with E-state index in [9.17, 15) is 0 Å². The number of ether oxygens (including phenoxy) is 1. The van der Waals surface area contributed by atoms with Crippen molar-refractivity contribution in [2.24, 2.45) is 0 Å². The molecule has 0 spiro atoms. The molecule has 5 nitrogen and oxygen atoms in total. The molecule has 23 heavy (non-hydrogen) atoms. The van der Waals surface area contributed by atoms with E-state index in [0.29, 0.717) is 6.61 Å². The maximum Gasteiger partial charge on any atom is 0.226 e. The second kappa shape index (κ2) is 4.71. The van der Waals surface area contributed by atoms with Crippen molar-refractivity contribution in [2.75, 3.05) is 11.9 Å². The summed E-state index contributed by atoms with van der Waals surface area (Å²) in [7, 11) is 0. The van der Waals surface area contributed by atoms with Gasteiger partial charge in [-0.05, 0) is 17.7 Å².